The van der Waals surface area contributed by atoms with Crippen molar-refractivity contribution in [2.75, 3.05) is 88.6 Å². The average Bonchev–Trinajstić information content (AvgIpc) is 3.89. The molecular weight excluding hydrogens is 911 g/mol. The minimum Gasteiger partial charge on any atom is -0.493 e. The number of hydrogen-bond acceptors (Lipinski definition) is 11. The van der Waals surface area contributed by atoms with E-state index in [-0.39, 0.29) is 49.4 Å². The maximum Gasteiger partial charge on any atom is 0.258 e. The summed E-state index contributed by atoms with van der Waals surface area (Å²) in [6.07, 6.45) is 9.32. The van der Waals surface area contributed by atoms with E-state index in [2.05, 4.69) is 46.4 Å². The van der Waals surface area contributed by atoms with Gasteiger partial charge in [0.1, 0.15) is 26.0 Å². The predicted molar refractivity (Wildman–Crippen MR) is 279 cm³/mol. The Morgan fingerprint density at radius 3 is 2.18 bits per heavy atom. The fourth-order valence-electron chi connectivity index (χ4n) is 10.3. The Labute approximate surface area is 422 Å². The summed E-state index contributed by atoms with van der Waals surface area (Å²) in [7, 11) is 5.18. The van der Waals surface area contributed by atoms with Crippen LogP contribution in [0.4, 0.5) is 22.7 Å². The smallest absolute Gasteiger partial charge is 0.258 e. The van der Waals surface area contributed by atoms with Gasteiger partial charge in [0.05, 0.1) is 52.4 Å². The van der Waals surface area contributed by atoms with Crippen LogP contribution in [0.5, 0.6) is 17.2 Å². The number of fused-ring (bicyclic) bond motifs is 8. The zero-order valence-electron chi connectivity index (χ0n) is 42.1. The van der Waals surface area contributed by atoms with Gasteiger partial charge in [-0.1, -0.05) is 42.5 Å². The Hall–Kier alpha value is -6.87. The lowest BCUT2D eigenvalue weighted by atomic mass is 9.99. The molecule has 5 aromatic rings. The molecule has 9 rings (SSSR count). The number of carbonyl (C=O) groups excluding carboxylic acids is 3. The van der Waals surface area contributed by atoms with E-state index in [0.717, 1.165) is 69.8 Å². The van der Waals surface area contributed by atoms with Crippen molar-refractivity contribution in [1.29, 1.82) is 0 Å². The van der Waals surface area contributed by atoms with Gasteiger partial charge in [-0.3, -0.25) is 19.4 Å². The molecule has 0 saturated carbocycles. The van der Waals surface area contributed by atoms with E-state index in [9.17, 15) is 14.4 Å². The van der Waals surface area contributed by atoms with Crippen LogP contribution in [0.2, 0.25) is 0 Å². The lowest BCUT2D eigenvalue weighted by Gasteiger charge is -2.26. The summed E-state index contributed by atoms with van der Waals surface area (Å²) >= 11 is 0. The van der Waals surface area contributed by atoms with Crippen molar-refractivity contribution in [2.24, 2.45) is 4.99 Å². The van der Waals surface area contributed by atoms with Crippen molar-refractivity contribution in [2.45, 2.75) is 77.7 Å². The number of ether oxygens (including phenoxy) is 6. The molecule has 5 aromatic carbocycles. The van der Waals surface area contributed by atoms with Crippen LogP contribution in [0.1, 0.15) is 80.3 Å². The molecule has 14 heteroatoms. The Balaban J connectivity index is 0.990. The van der Waals surface area contributed by atoms with Gasteiger partial charge < -0.3 is 47.7 Å². The second-order valence-electron chi connectivity index (χ2n) is 18.7. The molecular formula is C58H65N5O9. The maximum atomic E-state index is 14.3. The van der Waals surface area contributed by atoms with Crippen LogP contribution >= 0.6 is 0 Å². The highest BCUT2D eigenvalue weighted by atomic mass is 16.5. The van der Waals surface area contributed by atoms with E-state index in [1.54, 1.807) is 20.4 Å². The summed E-state index contributed by atoms with van der Waals surface area (Å²) in [6, 6.07) is 30.1. The van der Waals surface area contributed by atoms with Gasteiger partial charge in [0.25, 0.3) is 5.91 Å². The van der Waals surface area contributed by atoms with E-state index in [1.807, 2.05) is 95.9 Å². The van der Waals surface area contributed by atoms with E-state index >= 15 is 0 Å². The largest absolute Gasteiger partial charge is 0.493 e. The van der Waals surface area contributed by atoms with Crippen LogP contribution in [0, 0.1) is 6.92 Å². The van der Waals surface area contributed by atoms with Crippen LogP contribution in [-0.4, -0.2) is 121 Å². The third-order valence-corrected chi connectivity index (χ3v) is 13.9. The quantitative estimate of drug-likeness (QED) is 0.0272. The van der Waals surface area contributed by atoms with Gasteiger partial charge in [-0.15, -0.1) is 0 Å². The van der Waals surface area contributed by atoms with Crippen LogP contribution in [0.25, 0.3) is 0 Å². The molecule has 0 bridgehead atoms. The van der Waals surface area contributed by atoms with Gasteiger partial charge in [-0.05, 0) is 134 Å². The number of rotatable bonds is 23. The maximum absolute atomic E-state index is 14.3. The van der Waals surface area contributed by atoms with E-state index in [0.29, 0.717) is 93.8 Å². The number of ketones is 1. The second kappa shape index (κ2) is 23.1. The van der Waals surface area contributed by atoms with Crippen molar-refractivity contribution >= 4 is 52.8 Å². The molecule has 0 radical (unpaired) electrons. The number of nitrogens with zero attached hydrogens (tertiary/aromatic N) is 5. The molecule has 376 valence electrons. The highest BCUT2D eigenvalue weighted by Crippen LogP contribution is 2.42. The minimum atomic E-state index is -0.213. The van der Waals surface area contributed by atoms with E-state index in [4.69, 9.17) is 28.4 Å². The van der Waals surface area contributed by atoms with Crippen molar-refractivity contribution in [3.8, 4) is 17.2 Å². The van der Waals surface area contributed by atoms with E-state index in [1.165, 1.54) is 5.56 Å². The molecule has 0 aromatic heterocycles. The summed E-state index contributed by atoms with van der Waals surface area (Å²) in [4.78, 5) is 51.5. The summed E-state index contributed by atoms with van der Waals surface area (Å²) in [5, 5.41) is 0. The van der Waals surface area contributed by atoms with E-state index < -0.39 is 0 Å². The van der Waals surface area contributed by atoms with Gasteiger partial charge in [0, 0.05) is 73.1 Å². The molecule has 72 heavy (non-hydrogen) atoms. The third-order valence-electron chi connectivity index (χ3n) is 13.9. The number of para-hydroxylation sites is 2. The van der Waals surface area contributed by atoms with Gasteiger partial charge >= 0.3 is 0 Å². The Kier molecular flexibility index (Phi) is 16.1. The van der Waals surface area contributed by atoms with Crippen LogP contribution in [0.3, 0.4) is 0 Å². The number of benzene rings is 5. The molecule has 14 nitrogen and oxygen atoms in total. The van der Waals surface area contributed by atoms with Crippen molar-refractivity contribution in [3.05, 3.63) is 136 Å². The zero-order chi connectivity index (χ0) is 50.1. The van der Waals surface area contributed by atoms with Gasteiger partial charge in [-0.25, -0.2) is 0 Å². The number of Topliss-reactive ketones (excluding diaryl/α,β-unsaturated/α-hetero) is 1. The fraction of sp³-hybridized carbons (Fsp3) is 0.397. The molecule has 0 N–H and O–H groups in total. The lowest BCUT2D eigenvalue weighted by Crippen LogP contribution is -2.38. The van der Waals surface area contributed by atoms with Crippen molar-refractivity contribution in [1.82, 2.24) is 0 Å². The van der Waals surface area contributed by atoms with Gasteiger partial charge in [-0.2, -0.15) is 0 Å². The molecule has 4 aliphatic rings. The van der Waals surface area contributed by atoms with Gasteiger partial charge in [0.15, 0.2) is 17.3 Å². The molecule has 2 atom stereocenters. The Bertz CT molecular complexity index is 2860. The fourth-order valence-corrected chi connectivity index (χ4v) is 10.3. The molecule has 0 spiro atoms. The normalized spacial score (nSPS) is 16.5. The summed E-state index contributed by atoms with van der Waals surface area (Å²) in [6.45, 7) is 7.83. The molecule has 4 heterocycles. The monoisotopic (exact) mass is 975 g/mol. The zero-order valence-corrected chi connectivity index (χ0v) is 42.1. The first-order chi connectivity index (χ1) is 35.1. The Morgan fingerprint density at radius 2 is 1.44 bits per heavy atom. The van der Waals surface area contributed by atoms with Gasteiger partial charge in [0.2, 0.25) is 5.91 Å². The number of carbonyl (C=O) groups is 3. The van der Waals surface area contributed by atoms with Crippen LogP contribution in [-0.2, 0) is 51.5 Å². The second-order valence-corrected chi connectivity index (χ2v) is 18.7. The first-order valence-corrected chi connectivity index (χ1v) is 25.1. The molecule has 0 aliphatic carbocycles. The molecule has 0 unspecified atom stereocenters. The number of anilines is 3. The average molecular weight is 976 g/mol. The SMILES string of the molecule is CC=NCC(=O)CCCN(CCOCCOCCOC)c1cc(COc2cc3c(cc2C)C(=O)N2c4ccccc4C[C@H]2[C-]=[N+]3C)cc(COc2cc3c(cc2OC)C(=O)N2c4ccccc4C[C@H]2CC3)c1. The Morgan fingerprint density at radius 1 is 0.764 bits per heavy atom. The van der Waals surface area contributed by atoms with Crippen molar-refractivity contribution < 1.29 is 47.4 Å². The number of aliphatic imine (C=N–C) groups is 1. The number of aryl methyl sites for hydroxylation is 2. The predicted octanol–water partition coefficient (Wildman–Crippen LogP) is 8.41. The first-order valence-electron chi connectivity index (χ1n) is 25.1. The topological polar surface area (TPSA) is 132 Å². The van der Waals surface area contributed by atoms with Crippen LogP contribution in [0.15, 0.2) is 96.0 Å². The van der Waals surface area contributed by atoms with Crippen molar-refractivity contribution in [3.63, 3.8) is 0 Å². The standard InChI is InChI=1S/C58H65N5O9/c1-6-59-35-48(64)14-11-19-61(20-21-69-24-25-70-23-22-67-4)46-28-40(37-71-54-34-53-50(26-39(54)2)58(66)63-47(36-60(53)3)31-44-13-8-10-16-52(44)63)27-41(29-46)38-72-56-32-42-17-18-45-30-43-12-7-9-15-51(43)62(45)57(65)49(42)33-55(56)68-5/h6-10,12-13,15-16,26-29,32-34,45,47H,11,14,17-25,30-31,35,37-38H2,1-5H3/t45-,47+/m1/s1. The summed E-state index contributed by atoms with van der Waals surface area (Å²) < 4.78 is 38.0. The molecule has 0 fully saturated rings. The third kappa shape index (κ3) is 11.1. The summed E-state index contributed by atoms with van der Waals surface area (Å²) in [5.74, 6) is 1.69. The van der Waals surface area contributed by atoms with Crippen LogP contribution < -0.4 is 28.9 Å². The number of methoxy groups -OCH3 is 2. The lowest BCUT2D eigenvalue weighted by molar-refractivity contribution is -0.401. The first kappa shape index (κ1) is 50.1. The summed E-state index contributed by atoms with van der Waals surface area (Å²) in [5.41, 5.74) is 10.7. The minimum absolute atomic E-state index is 0.0209. The highest BCUT2D eigenvalue weighted by Gasteiger charge is 2.38. The molecule has 4 aliphatic heterocycles. The molecule has 2 amide bonds. The highest BCUT2D eigenvalue weighted by molar-refractivity contribution is 6.13. The molecule has 0 saturated heterocycles. The number of amides is 2. The number of hydrogen-bond donors (Lipinski definition) is 0.